The average Bonchev–Trinajstić information content (AvgIpc) is 2.38. The summed E-state index contributed by atoms with van der Waals surface area (Å²) < 4.78 is 0. The van der Waals surface area contributed by atoms with Crippen LogP contribution >= 0.6 is 36.4 Å². The van der Waals surface area contributed by atoms with Gasteiger partial charge in [-0.1, -0.05) is 17.2 Å². The van der Waals surface area contributed by atoms with E-state index in [2.05, 4.69) is 28.7 Å². The number of nitrogens with one attached hydrogen (secondary N) is 1. The Labute approximate surface area is 138 Å². The molecule has 0 aromatic carbocycles. The van der Waals surface area contributed by atoms with Gasteiger partial charge < -0.3 is 5.32 Å². The van der Waals surface area contributed by atoms with Crippen LogP contribution in [0.25, 0.3) is 0 Å². The van der Waals surface area contributed by atoms with E-state index in [0.717, 1.165) is 43.2 Å². The number of halogens is 3. The Morgan fingerprint density at radius 3 is 2.65 bits per heavy atom. The van der Waals surface area contributed by atoms with Crippen molar-refractivity contribution in [2.45, 2.75) is 19.4 Å². The second-order valence-electron chi connectivity index (χ2n) is 4.86. The van der Waals surface area contributed by atoms with Crippen LogP contribution in [0.4, 0.5) is 0 Å². The van der Waals surface area contributed by atoms with E-state index in [1.165, 1.54) is 5.57 Å². The van der Waals surface area contributed by atoms with E-state index in [1.807, 2.05) is 12.3 Å². The van der Waals surface area contributed by atoms with Gasteiger partial charge in [-0.25, -0.2) is 0 Å². The molecule has 1 aliphatic heterocycles. The lowest BCUT2D eigenvalue weighted by Gasteiger charge is -2.35. The molecule has 0 bridgehead atoms. The summed E-state index contributed by atoms with van der Waals surface area (Å²) in [5.41, 5.74) is 2.35. The molecule has 6 heteroatoms. The fraction of sp³-hybridized carbons (Fsp3) is 0.500. The van der Waals surface area contributed by atoms with E-state index in [-0.39, 0.29) is 24.8 Å². The lowest BCUT2D eigenvalue weighted by molar-refractivity contribution is 0.172. The number of rotatable bonds is 4. The van der Waals surface area contributed by atoms with Gasteiger partial charge in [0.15, 0.2) is 0 Å². The van der Waals surface area contributed by atoms with Gasteiger partial charge in [-0.3, -0.25) is 9.88 Å². The van der Waals surface area contributed by atoms with Gasteiger partial charge in [-0.2, -0.15) is 0 Å². The summed E-state index contributed by atoms with van der Waals surface area (Å²) >= 11 is 6.29. The summed E-state index contributed by atoms with van der Waals surface area (Å²) in [4.78, 5) is 6.54. The zero-order valence-corrected chi connectivity index (χ0v) is 14.0. The van der Waals surface area contributed by atoms with E-state index < -0.39 is 0 Å². The minimum atomic E-state index is 0. The van der Waals surface area contributed by atoms with Crippen LogP contribution in [-0.4, -0.2) is 36.1 Å². The average molecular weight is 339 g/mol. The maximum absolute atomic E-state index is 6.29. The van der Waals surface area contributed by atoms with E-state index in [1.54, 1.807) is 6.20 Å². The van der Waals surface area contributed by atoms with Crippen LogP contribution in [0.5, 0.6) is 0 Å². The molecular weight excluding hydrogens is 317 g/mol. The molecule has 0 radical (unpaired) electrons. The molecule has 1 N–H and O–H groups in total. The molecule has 1 saturated heterocycles. The Morgan fingerprint density at radius 1 is 1.45 bits per heavy atom. The molecule has 114 valence electrons. The fourth-order valence-corrected chi connectivity index (χ4v) is 2.66. The molecule has 0 aliphatic carbocycles. The van der Waals surface area contributed by atoms with Crippen molar-refractivity contribution in [3.8, 4) is 0 Å². The SMILES string of the molecule is C=C(C)C[C@H](c1ccncc1Cl)N1CCNCC1.Cl.Cl. The number of nitrogens with zero attached hydrogens (tertiary/aromatic N) is 2. The Hall–Kier alpha value is -0.320. The molecule has 3 nitrogen and oxygen atoms in total. The Balaban J connectivity index is 0.00000180. The van der Waals surface area contributed by atoms with Crippen LogP contribution in [0.3, 0.4) is 0 Å². The highest BCUT2D eigenvalue weighted by molar-refractivity contribution is 6.31. The van der Waals surface area contributed by atoms with Crippen LogP contribution in [0.2, 0.25) is 5.02 Å². The molecular formula is C14H22Cl3N3. The second-order valence-corrected chi connectivity index (χ2v) is 5.27. The fourth-order valence-electron chi connectivity index (χ4n) is 2.42. The topological polar surface area (TPSA) is 28.2 Å². The first-order valence-electron chi connectivity index (χ1n) is 6.37. The summed E-state index contributed by atoms with van der Waals surface area (Å²) in [6.07, 6.45) is 4.49. The lowest BCUT2D eigenvalue weighted by atomic mass is 9.99. The number of hydrogen-bond acceptors (Lipinski definition) is 3. The monoisotopic (exact) mass is 337 g/mol. The van der Waals surface area contributed by atoms with Crippen molar-refractivity contribution in [2.24, 2.45) is 0 Å². The molecule has 1 fully saturated rings. The molecule has 2 rings (SSSR count). The molecule has 2 heterocycles. The predicted octanol–water partition coefficient (Wildman–Crippen LogP) is 3.49. The van der Waals surface area contributed by atoms with Gasteiger partial charge in [0.05, 0.1) is 5.02 Å². The van der Waals surface area contributed by atoms with E-state index in [0.29, 0.717) is 6.04 Å². The van der Waals surface area contributed by atoms with Gasteiger partial charge in [0.1, 0.15) is 0 Å². The quantitative estimate of drug-likeness (QED) is 0.852. The first-order chi connectivity index (χ1) is 8.68. The van der Waals surface area contributed by atoms with E-state index in [4.69, 9.17) is 11.6 Å². The number of piperazine rings is 1. The molecule has 1 aliphatic rings. The van der Waals surface area contributed by atoms with Gasteiger partial charge in [0, 0.05) is 44.6 Å². The van der Waals surface area contributed by atoms with Crippen LogP contribution in [0, 0.1) is 0 Å². The summed E-state index contributed by atoms with van der Waals surface area (Å²) in [5.74, 6) is 0. The van der Waals surface area contributed by atoms with Crippen molar-refractivity contribution in [1.82, 2.24) is 15.2 Å². The van der Waals surface area contributed by atoms with Crippen molar-refractivity contribution in [3.63, 3.8) is 0 Å². The maximum atomic E-state index is 6.29. The van der Waals surface area contributed by atoms with E-state index >= 15 is 0 Å². The summed E-state index contributed by atoms with van der Waals surface area (Å²) in [6.45, 7) is 10.3. The Morgan fingerprint density at radius 2 is 2.10 bits per heavy atom. The van der Waals surface area contributed by atoms with Crippen LogP contribution in [0.15, 0.2) is 30.6 Å². The van der Waals surface area contributed by atoms with Crippen molar-refractivity contribution in [1.29, 1.82) is 0 Å². The Kier molecular flexibility index (Phi) is 9.43. The van der Waals surface area contributed by atoms with Crippen LogP contribution in [-0.2, 0) is 0 Å². The third-order valence-corrected chi connectivity index (χ3v) is 3.61. The molecule has 1 atom stereocenters. The molecule has 1 aromatic heterocycles. The smallest absolute Gasteiger partial charge is 0.0637 e. The number of aromatic nitrogens is 1. The molecule has 0 unspecified atom stereocenters. The van der Waals surface area contributed by atoms with Gasteiger partial charge in [0.25, 0.3) is 0 Å². The van der Waals surface area contributed by atoms with Gasteiger partial charge >= 0.3 is 0 Å². The highest BCUT2D eigenvalue weighted by atomic mass is 35.5. The Bertz CT molecular complexity index is 420. The van der Waals surface area contributed by atoms with Crippen LogP contribution < -0.4 is 5.32 Å². The van der Waals surface area contributed by atoms with Gasteiger partial charge in [0.2, 0.25) is 0 Å². The first-order valence-corrected chi connectivity index (χ1v) is 6.75. The maximum Gasteiger partial charge on any atom is 0.0637 e. The summed E-state index contributed by atoms with van der Waals surface area (Å²) in [5, 5.41) is 4.13. The molecule has 0 amide bonds. The molecule has 20 heavy (non-hydrogen) atoms. The van der Waals surface area contributed by atoms with Crippen molar-refractivity contribution in [2.75, 3.05) is 26.2 Å². The third kappa shape index (κ3) is 5.23. The third-order valence-electron chi connectivity index (χ3n) is 3.30. The molecule has 1 aromatic rings. The largest absolute Gasteiger partial charge is 0.314 e. The van der Waals surface area contributed by atoms with Gasteiger partial charge in [-0.15, -0.1) is 31.4 Å². The standard InChI is InChI=1S/C14H20ClN3.2ClH/c1-11(2)9-14(18-7-5-16-6-8-18)12-3-4-17-10-13(12)15;;/h3-4,10,14,16H,1,5-9H2,2H3;2*1H/t14-;;/m1../s1. The number of pyridine rings is 1. The van der Waals surface area contributed by atoms with Crippen molar-refractivity contribution >= 4 is 36.4 Å². The zero-order valence-electron chi connectivity index (χ0n) is 11.6. The predicted molar refractivity (Wildman–Crippen MR) is 90.4 cm³/mol. The normalized spacial score (nSPS) is 16.7. The molecule has 0 saturated carbocycles. The minimum absolute atomic E-state index is 0. The summed E-state index contributed by atoms with van der Waals surface area (Å²) in [7, 11) is 0. The number of hydrogen-bond donors (Lipinski definition) is 1. The lowest BCUT2D eigenvalue weighted by Crippen LogP contribution is -2.45. The minimum Gasteiger partial charge on any atom is -0.314 e. The molecule has 0 spiro atoms. The van der Waals surface area contributed by atoms with Crippen molar-refractivity contribution in [3.05, 3.63) is 41.2 Å². The first kappa shape index (κ1) is 19.7. The summed E-state index contributed by atoms with van der Waals surface area (Å²) in [6, 6.07) is 2.35. The van der Waals surface area contributed by atoms with Crippen LogP contribution in [0.1, 0.15) is 24.9 Å². The van der Waals surface area contributed by atoms with Crippen molar-refractivity contribution < 1.29 is 0 Å². The highest BCUT2D eigenvalue weighted by Crippen LogP contribution is 2.31. The van der Waals surface area contributed by atoms with E-state index in [9.17, 15) is 0 Å². The second kappa shape index (κ2) is 9.59. The van der Waals surface area contributed by atoms with Gasteiger partial charge in [-0.05, 0) is 25.0 Å². The zero-order chi connectivity index (χ0) is 13.0. The highest BCUT2D eigenvalue weighted by Gasteiger charge is 2.23.